The Balaban J connectivity index is 2.26. The Hall–Kier alpha value is -1.39. The van der Waals surface area contributed by atoms with Crippen LogP contribution >= 0.6 is 55.7 Å². The molecule has 0 amide bonds. The van der Waals surface area contributed by atoms with E-state index in [9.17, 15) is 0 Å². The molecule has 3 nitrogen and oxygen atoms in total. The summed E-state index contributed by atoms with van der Waals surface area (Å²) in [6.07, 6.45) is 1.62. The average molecular weight is 487 g/mol. The molecule has 2 rings (SSSR count). The van der Waals surface area contributed by atoms with E-state index in [1.165, 1.54) is 0 Å². The predicted octanol–water partition coefficient (Wildman–Crippen LogP) is 5.64. The van der Waals surface area contributed by atoms with E-state index in [4.69, 9.17) is 39.6 Å². The summed E-state index contributed by atoms with van der Waals surface area (Å²) in [6, 6.07) is 13.1. The number of hydrogen-bond acceptors (Lipinski definition) is 3. The molecular weight excluding hydrogens is 476 g/mol. The predicted molar refractivity (Wildman–Crippen MR) is 108 cm³/mol. The van der Waals surface area contributed by atoms with E-state index in [1.807, 2.05) is 42.5 Å². The van der Waals surface area contributed by atoms with Gasteiger partial charge in [0.05, 0.1) is 14.5 Å². The van der Waals surface area contributed by atoms with Gasteiger partial charge in [0.25, 0.3) is 0 Å². The highest BCUT2D eigenvalue weighted by atomic mass is 79.9. The van der Waals surface area contributed by atoms with Crippen molar-refractivity contribution in [3.05, 3.63) is 67.1 Å². The zero-order valence-corrected chi connectivity index (χ0v) is 17.0. The molecule has 122 valence electrons. The van der Waals surface area contributed by atoms with Crippen LogP contribution in [-0.2, 0) is 6.61 Å². The lowest BCUT2D eigenvalue weighted by atomic mass is 10.1. The van der Waals surface area contributed by atoms with Gasteiger partial charge in [-0.05, 0) is 61.7 Å². The lowest BCUT2D eigenvalue weighted by Crippen LogP contribution is -2.09. The molecule has 0 unspecified atom stereocenters. The van der Waals surface area contributed by atoms with Gasteiger partial charge in [0.15, 0.2) is 0 Å². The Morgan fingerprint density at radius 3 is 2.46 bits per heavy atom. The van der Waals surface area contributed by atoms with Gasteiger partial charge >= 0.3 is 0 Å². The first-order valence-electron chi connectivity index (χ1n) is 6.69. The smallest absolute Gasteiger partial charge is 0.148 e. The van der Waals surface area contributed by atoms with Crippen LogP contribution in [0.1, 0.15) is 11.1 Å². The molecule has 0 aliphatic rings. The van der Waals surface area contributed by atoms with Crippen molar-refractivity contribution >= 4 is 66.7 Å². The van der Waals surface area contributed by atoms with Crippen LogP contribution in [0.15, 0.2) is 50.9 Å². The third-order valence-corrected chi connectivity index (χ3v) is 4.81. The van der Waals surface area contributed by atoms with Gasteiger partial charge in [0.1, 0.15) is 23.4 Å². The minimum Gasteiger partial charge on any atom is -0.486 e. The average Bonchev–Trinajstić information content (AvgIpc) is 2.53. The standard InChI is InChI=1S/C17H11Br2ClN2OS/c18-13-6-10(5-12(8-21)17(22)24)7-14(19)16(13)23-9-11-3-1-2-4-15(11)20/h1-7H,9H2,(H2,22,24). The second-order valence-electron chi connectivity index (χ2n) is 4.73. The number of nitrogens with two attached hydrogens (primary N) is 1. The molecule has 2 aromatic rings. The second kappa shape index (κ2) is 8.63. The number of ether oxygens (including phenoxy) is 1. The first-order chi connectivity index (χ1) is 11.4. The number of thiocarbonyl (C=S) groups is 1. The molecule has 24 heavy (non-hydrogen) atoms. The number of hydrogen-bond donors (Lipinski definition) is 1. The van der Waals surface area contributed by atoms with Crippen LogP contribution in [0.25, 0.3) is 6.08 Å². The largest absolute Gasteiger partial charge is 0.486 e. The summed E-state index contributed by atoms with van der Waals surface area (Å²) >= 11 is 17.9. The Labute approximate surface area is 167 Å². The van der Waals surface area contributed by atoms with Crippen molar-refractivity contribution in [2.75, 3.05) is 0 Å². The third-order valence-electron chi connectivity index (χ3n) is 3.05. The molecule has 0 heterocycles. The molecule has 0 spiro atoms. The van der Waals surface area contributed by atoms with E-state index >= 15 is 0 Å². The van der Waals surface area contributed by atoms with E-state index in [2.05, 4.69) is 31.9 Å². The lowest BCUT2D eigenvalue weighted by Gasteiger charge is -2.12. The van der Waals surface area contributed by atoms with Crippen LogP contribution < -0.4 is 10.5 Å². The summed E-state index contributed by atoms with van der Waals surface area (Å²) in [7, 11) is 0. The molecule has 0 aliphatic carbocycles. The summed E-state index contributed by atoms with van der Waals surface area (Å²) in [5.41, 5.74) is 7.41. The first-order valence-corrected chi connectivity index (χ1v) is 9.06. The van der Waals surface area contributed by atoms with Gasteiger partial charge in [-0.15, -0.1) is 0 Å². The van der Waals surface area contributed by atoms with Crippen molar-refractivity contribution in [2.24, 2.45) is 5.73 Å². The van der Waals surface area contributed by atoms with Crippen molar-refractivity contribution in [2.45, 2.75) is 6.61 Å². The Morgan fingerprint density at radius 2 is 1.92 bits per heavy atom. The summed E-state index contributed by atoms with van der Waals surface area (Å²) in [5, 5.41) is 9.69. The first kappa shape index (κ1) is 18.9. The van der Waals surface area contributed by atoms with Crippen LogP contribution in [0, 0.1) is 11.3 Å². The fourth-order valence-electron chi connectivity index (χ4n) is 1.89. The number of nitrogens with zero attached hydrogens (tertiary/aromatic N) is 1. The number of halogens is 3. The molecule has 0 saturated heterocycles. The van der Waals surface area contributed by atoms with Gasteiger partial charge in [0.2, 0.25) is 0 Å². The zero-order chi connectivity index (χ0) is 17.7. The fraction of sp³-hybridized carbons (Fsp3) is 0.0588. The van der Waals surface area contributed by atoms with Gasteiger partial charge in [0, 0.05) is 10.6 Å². The topological polar surface area (TPSA) is 59.0 Å². The molecule has 2 N–H and O–H groups in total. The Kier molecular flexibility index (Phi) is 6.81. The van der Waals surface area contributed by atoms with Crippen molar-refractivity contribution in [1.82, 2.24) is 0 Å². The van der Waals surface area contributed by atoms with Crippen LogP contribution in [0.4, 0.5) is 0 Å². The summed E-state index contributed by atoms with van der Waals surface area (Å²) in [6.45, 7) is 0.336. The van der Waals surface area contributed by atoms with Gasteiger partial charge in [-0.25, -0.2) is 0 Å². The molecule has 0 fully saturated rings. The molecule has 2 aromatic carbocycles. The molecule has 0 aliphatic heterocycles. The van der Waals surface area contributed by atoms with E-state index in [-0.39, 0.29) is 10.6 Å². The Morgan fingerprint density at radius 1 is 1.29 bits per heavy atom. The minimum atomic E-state index is 0.0591. The van der Waals surface area contributed by atoms with Crippen molar-refractivity contribution < 1.29 is 4.74 Å². The van der Waals surface area contributed by atoms with Crippen molar-refractivity contribution in [3.8, 4) is 11.8 Å². The lowest BCUT2D eigenvalue weighted by molar-refractivity contribution is 0.302. The monoisotopic (exact) mass is 484 g/mol. The normalized spacial score (nSPS) is 11.0. The molecule has 0 radical (unpaired) electrons. The summed E-state index contributed by atoms with van der Waals surface area (Å²) in [5.74, 6) is 0.640. The maximum Gasteiger partial charge on any atom is 0.148 e. The van der Waals surface area contributed by atoms with Gasteiger partial charge < -0.3 is 10.5 Å². The van der Waals surface area contributed by atoms with Gasteiger partial charge in [-0.3, -0.25) is 0 Å². The van der Waals surface area contributed by atoms with Crippen molar-refractivity contribution in [3.63, 3.8) is 0 Å². The van der Waals surface area contributed by atoms with Crippen LogP contribution in [0.2, 0.25) is 5.02 Å². The SMILES string of the molecule is N#CC(=Cc1cc(Br)c(OCc2ccccc2Cl)c(Br)c1)C(N)=S. The molecule has 0 atom stereocenters. The third kappa shape index (κ3) is 4.81. The second-order valence-corrected chi connectivity index (χ2v) is 7.28. The van der Waals surface area contributed by atoms with E-state index in [0.717, 1.165) is 20.1 Å². The van der Waals surface area contributed by atoms with Gasteiger partial charge in [-0.1, -0.05) is 42.0 Å². The number of nitriles is 1. The molecule has 0 aromatic heterocycles. The summed E-state index contributed by atoms with van der Waals surface area (Å²) < 4.78 is 7.32. The number of benzene rings is 2. The van der Waals surface area contributed by atoms with E-state index in [0.29, 0.717) is 17.4 Å². The molecule has 7 heteroatoms. The number of rotatable bonds is 5. The quantitative estimate of drug-likeness (QED) is 0.338. The maximum absolute atomic E-state index is 9.04. The Bertz CT molecular complexity index is 839. The van der Waals surface area contributed by atoms with Crippen molar-refractivity contribution in [1.29, 1.82) is 5.26 Å². The van der Waals surface area contributed by atoms with Crippen LogP contribution in [-0.4, -0.2) is 4.99 Å². The summed E-state index contributed by atoms with van der Waals surface area (Å²) in [4.78, 5) is 0.0591. The van der Waals surface area contributed by atoms with Gasteiger partial charge in [-0.2, -0.15) is 5.26 Å². The van der Waals surface area contributed by atoms with Crippen LogP contribution in [0.5, 0.6) is 5.75 Å². The highest BCUT2D eigenvalue weighted by Crippen LogP contribution is 2.36. The zero-order valence-electron chi connectivity index (χ0n) is 12.2. The van der Waals surface area contributed by atoms with Crippen LogP contribution in [0.3, 0.4) is 0 Å². The minimum absolute atomic E-state index is 0.0591. The molecule has 0 saturated carbocycles. The highest BCUT2D eigenvalue weighted by Gasteiger charge is 2.11. The molecular formula is C17H11Br2ClN2OS. The van der Waals surface area contributed by atoms with E-state index < -0.39 is 0 Å². The highest BCUT2D eigenvalue weighted by molar-refractivity contribution is 9.11. The maximum atomic E-state index is 9.04. The molecule has 0 bridgehead atoms. The fourth-order valence-corrected chi connectivity index (χ4v) is 3.64. The van der Waals surface area contributed by atoms with E-state index in [1.54, 1.807) is 6.08 Å².